The van der Waals surface area contributed by atoms with E-state index in [4.69, 9.17) is 5.73 Å². The van der Waals surface area contributed by atoms with Crippen molar-refractivity contribution in [3.05, 3.63) is 28.2 Å². The maximum absolute atomic E-state index is 11.8. The molecule has 3 nitrogen and oxygen atoms in total. The van der Waals surface area contributed by atoms with Crippen LogP contribution in [0.25, 0.3) is 0 Å². The molecular weight excluding hydrogens is 292 g/mol. The largest absolute Gasteiger partial charge is 0.330 e. The van der Waals surface area contributed by atoms with Crippen LogP contribution in [0.3, 0.4) is 0 Å². The van der Waals surface area contributed by atoms with E-state index < -0.39 is 0 Å². The van der Waals surface area contributed by atoms with Gasteiger partial charge in [-0.1, -0.05) is 22.9 Å². The summed E-state index contributed by atoms with van der Waals surface area (Å²) in [5.74, 6) is 0.571. The molecule has 1 aromatic rings. The Labute approximate surface area is 117 Å². The van der Waals surface area contributed by atoms with E-state index in [1.165, 1.54) is 0 Å². The molecule has 100 valence electrons. The first-order chi connectivity index (χ1) is 8.51. The van der Waals surface area contributed by atoms with Crippen LogP contribution in [0.1, 0.15) is 31.7 Å². The van der Waals surface area contributed by atoms with E-state index in [1.807, 2.05) is 25.1 Å². The molecule has 0 aliphatic rings. The standard InChI is InChI=1S/C14H21BrN2O/c1-10(5-6-16)3-4-14(18)17-13-8-11(2)7-12(15)9-13/h7-10H,3-6,16H2,1-2H3,(H,17,18). The Morgan fingerprint density at radius 1 is 1.39 bits per heavy atom. The van der Waals surface area contributed by atoms with Gasteiger partial charge in [0.05, 0.1) is 0 Å². The molecule has 0 radical (unpaired) electrons. The van der Waals surface area contributed by atoms with Crippen molar-refractivity contribution in [3.63, 3.8) is 0 Å². The number of nitrogens with two attached hydrogens (primary N) is 1. The summed E-state index contributed by atoms with van der Waals surface area (Å²) in [6.07, 6.45) is 2.41. The molecule has 0 fully saturated rings. The van der Waals surface area contributed by atoms with Gasteiger partial charge in [-0.3, -0.25) is 4.79 Å². The van der Waals surface area contributed by atoms with Crippen LogP contribution in [-0.4, -0.2) is 12.5 Å². The van der Waals surface area contributed by atoms with Gasteiger partial charge in [0.2, 0.25) is 5.91 Å². The highest BCUT2D eigenvalue weighted by atomic mass is 79.9. The van der Waals surface area contributed by atoms with E-state index in [0.717, 1.165) is 28.6 Å². The number of benzene rings is 1. The minimum absolute atomic E-state index is 0.0661. The molecule has 0 aliphatic heterocycles. The highest BCUT2D eigenvalue weighted by Crippen LogP contribution is 2.19. The van der Waals surface area contributed by atoms with E-state index in [-0.39, 0.29) is 5.91 Å². The molecule has 1 atom stereocenters. The van der Waals surface area contributed by atoms with E-state index in [2.05, 4.69) is 28.2 Å². The molecule has 1 rings (SSSR count). The third-order valence-corrected chi connectivity index (χ3v) is 3.31. The lowest BCUT2D eigenvalue weighted by Gasteiger charge is -2.10. The maximum atomic E-state index is 11.8. The van der Waals surface area contributed by atoms with Crippen LogP contribution < -0.4 is 11.1 Å². The fourth-order valence-corrected chi connectivity index (χ4v) is 2.45. The zero-order valence-corrected chi connectivity index (χ0v) is 12.6. The molecular formula is C14H21BrN2O. The minimum atomic E-state index is 0.0661. The van der Waals surface area contributed by atoms with Gasteiger partial charge >= 0.3 is 0 Å². The number of amides is 1. The van der Waals surface area contributed by atoms with Gasteiger partial charge in [-0.05, 0) is 56.0 Å². The zero-order valence-electron chi connectivity index (χ0n) is 11.0. The molecule has 0 saturated carbocycles. The molecule has 3 N–H and O–H groups in total. The number of hydrogen-bond acceptors (Lipinski definition) is 2. The van der Waals surface area contributed by atoms with E-state index in [0.29, 0.717) is 18.9 Å². The van der Waals surface area contributed by atoms with Crippen molar-refractivity contribution in [2.24, 2.45) is 11.7 Å². The van der Waals surface area contributed by atoms with Crippen molar-refractivity contribution < 1.29 is 4.79 Å². The molecule has 0 aromatic heterocycles. The molecule has 1 amide bonds. The van der Waals surface area contributed by atoms with Gasteiger partial charge in [0.25, 0.3) is 0 Å². The second kappa shape index (κ2) is 7.54. The van der Waals surface area contributed by atoms with Crippen LogP contribution in [0.4, 0.5) is 5.69 Å². The second-order valence-electron chi connectivity index (χ2n) is 4.79. The Morgan fingerprint density at radius 2 is 2.11 bits per heavy atom. The van der Waals surface area contributed by atoms with E-state index in [1.54, 1.807) is 0 Å². The number of carbonyl (C=O) groups is 1. The lowest BCUT2D eigenvalue weighted by molar-refractivity contribution is -0.116. The fraction of sp³-hybridized carbons (Fsp3) is 0.500. The smallest absolute Gasteiger partial charge is 0.224 e. The average Bonchev–Trinajstić information content (AvgIpc) is 2.25. The van der Waals surface area contributed by atoms with Crippen molar-refractivity contribution in [1.82, 2.24) is 0 Å². The van der Waals surface area contributed by atoms with Crippen LogP contribution in [0.5, 0.6) is 0 Å². The Hall–Kier alpha value is -0.870. The molecule has 1 aromatic carbocycles. The molecule has 1 unspecified atom stereocenters. The van der Waals surface area contributed by atoms with Crippen molar-refractivity contribution in [2.45, 2.75) is 33.1 Å². The number of carbonyl (C=O) groups excluding carboxylic acids is 1. The monoisotopic (exact) mass is 312 g/mol. The van der Waals surface area contributed by atoms with Gasteiger partial charge in [0, 0.05) is 16.6 Å². The Kier molecular flexibility index (Phi) is 6.36. The number of anilines is 1. The van der Waals surface area contributed by atoms with Gasteiger partial charge in [0.1, 0.15) is 0 Å². The number of halogens is 1. The summed E-state index contributed by atoms with van der Waals surface area (Å²) in [5.41, 5.74) is 7.45. The van der Waals surface area contributed by atoms with Gasteiger partial charge in [-0.25, -0.2) is 0 Å². The summed E-state index contributed by atoms with van der Waals surface area (Å²) in [7, 11) is 0. The lowest BCUT2D eigenvalue weighted by atomic mass is 10.0. The Balaban J connectivity index is 2.44. The molecule has 0 heterocycles. The zero-order chi connectivity index (χ0) is 13.5. The predicted octanol–water partition coefficient (Wildman–Crippen LogP) is 3.46. The van der Waals surface area contributed by atoms with Crippen LogP contribution >= 0.6 is 15.9 Å². The molecule has 4 heteroatoms. The number of rotatable bonds is 6. The Bertz CT molecular complexity index is 387. The van der Waals surface area contributed by atoms with Crippen molar-refractivity contribution in [1.29, 1.82) is 0 Å². The molecule has 18 heavy (non-hydrogen) atoms. The number of aryl methyl sites for hydroxylation is 1. The molecule has 0 aliphatic carbocycles. The first-order valence-electron chi connectivity index (χ1n) is 6.28. The van der Waals surface area contributed by atoms with Crippen molar-refractivity contribution in [3.8, 4) is 0 Å². The third kappa shape index (κ3) is 5.65. The highest BCUT2D eigenvalue weighted by Gasteiger charge is 2.07. The SMILES string of the molecule is Cc1cc(Br)cc(NC(=O)CCC(C)CCN)c1. The van der Waals surface area contributed by atoms with Crippen LogP contribution in [0.2, 0.25) is 0 Å². The van der Waals surface area contributed by atoms with Gasteiger partial charge < -0.3 is 11.1 Å². The summed E-state index contributed by atoms with van der Waals surface area (Å²) in [6.45, 7) is 4.82. The summed E-state index contributed by atoms with van der Waals surface area (Å²) in [6, 6.07) is 5.89. The van der Waals surface area contributed by atoms with Crippen molar-refractivity contribution in [2.75, 3.05) is 11.9 Å². The first kappa shape index (κ1) is 15.2. The van der Waals surface area contributed by atoms with Gasteiger partial charge in [-0.2, -0.15) is 0 Å². The molecule has 0 bridgehead atoms. The summed E-state index contributed by atoms with van der Waals surface area (Å²) in [5, 5.41) is 2.92. The third-order valence-electron chi connectivity index (χ3n) is 2.85. The Morgan fingerprint density at radius 3 is 2.72 bits per heavy atom. The van der Waals surface area contributed by atoms with Crippen LogP contribution in [0.15, 0.2) is 22.7 Å². The number of hydrogen-bond donors (Lipinski definition) is 2. The minimum Gasteiger partial charge on any atom is -0.330 e. The van der Waals surface area contributed by atoms with Crippen LogP contribution in [0, 0.1) is 12.8 Å². The normalized spacial score (nSPS) is 12.2. The molecule has 0 saturated heterocycles. The molecule has 0 spiro atoms. The quantitative estimate of drug-likeness (QED) is 0.845. The second-order valence-corrected chi connectivity index (χ2v) is 5.70. The first-order valence-corrected chi connectivity index (χ1v) is 7.07. The summed E-state index contributed by atoms with van der Waals surface area (Å²) < 4.78 is 0.981. The lowest BCUT2D eigenvalue weighted by Crippen LogP contribution is -2.14. The van der Waals surface area contributed by atoms with Crippen LogP contribution in [-0.2, 0) is 4.79 Å². The number of nitrogens with one attached hydrogen (secondary N) is 1. The summed E-state index contributed by atoms with van der Waals surface area (Å²) in [4.78, 5) is 11.8. The van der Waals surface area contributed by atoms with Gasteiger partial charge in [-0.15, -0.1) is 0 Å². The van der Waals surface area contributed by atoms with Crippen molar-refractivity contribution >= 4 is 27.5 Å². The van der Waals surface area contributed by atoms with Gasteiger partial charge in [0.15, 0.2) is 0 Å². The average molecular weight is 313 g/mol. The topological polar surface area (TPSA) is 55.1 Å². The van der Waals surface area contributed by atoms with E-state index >= 15 is 0 Å². The highest BCUT2D eigenvalue weighted by molar-refractivity contribution is 9.10. The fourth-order valence-electron chi connectivity index (χ4n) is 1.84. The summed E-state index contributed by atoms with van der Waals surface area (Å²) >= 11 is 3.42. The van der Waals surface area contributed by atoms with E-state index in [9.17, 15) is 4.79 Å². The maximum Gasteiger partial charge on any atom is 0.224 e. The predicted molar refractivity (Wildman–Crippen MR) is 79.6 cm³/mol.